The number of amidine groups is 1. The van der Waals surface area contributed by atoms with Gasteiger partial charge in [-0.15, -0.1) is 11.6 Å². The summed E-state index contributed by atoms with van der Waals surface area (Å²) in [6.45, 7) is 0.458. The van der Waals surface area contributed by atoms with Crippen molar-refractivity contribution in [2.24, 2.45) is 4.99 Å². The smallest absolute Gasteiger partial charge is 0.262 e. The zero-order valence-corrected chi connectivity index (χ0v) is 17.8. The average molecular weight is 451 g/mol. The van der Waals surface area contributed by atoms with Crippen molar-refractivity contribution < 1.29 is 17.9 Å². The number of halogens is 1. The van der Waals surface area contributed by atoms with Crippen molar-refractivity contribution in [2.75, 3.05) is 22.3 Å². The number of nitrogens with zero attached hydrogens (tertiary/aromatic N) is 2. The molecule has 2 aliphatic heterocycles. The lowest BCUT2D eigenvalue weighted by atomic mass is 10.2. The molecular formula is C20H19ClN2O4S2. The highest BCUT2D eigenvalue weighted by molar-refractivity contribution is 8.16. The first-order valence-corrected chi connectivity index (χ1v) is 12.3. The minimum atomic E-state index is -3.10. The molecule has 6 nitrogen and oxygen atoms in total. The van der Waals surface area contributed by atoms with Crippen LogP contribution in [0.25, 0.3) is 0 Å². The molecule has 2 aromatic rings. The number of sulfone groups is 1. The minimum absolute atomic E-state index is 0.0466. The molecule has 9 heteroatoms. The van der Waals surface area contributed by atoms with Gasteiger partial charge >= 0.3 is 0 Å². The topological polar surface area (TPSA) is 76.0 Å². The number of carbonyl (C=O) groups is 1. The van der Waals surface area contributed by atoms with Gasteiger partial charge in [0.15, 0.2) is 15.0 Å². The number of benzene rings is 2. The fourth-order valence-corrected chi connectivity index (χ4v) is 7.44. The number of aliphatic imine (C=N–C) groups is 1. The van der Waals surface area contributed by atoms with Gasteiger partial charge in [0.1, 0.15) is 18.2 Å². The number of rotatable bonds is 5. The molecule has 2 heterocycles. The monoisotopic (exact) mass is 450 g/mol. The van der Waals surface area contributed by atoms with Gasteiger partial charge in [-0.05, 0) is 29.8 Å². The summed E-state index contributed by atoms with van der Waals surface area (Å²) in [6, 6.07) is 17.0. The molecule has 0 saturated carbocycles. The van der Waals surface area contributed by atoms with E-state index in [1.807, 2.05) is 59.5 Å². The normalized spacial score (nSPS) is 23.9. The molecule has 0 radical (unpaired) electrons. The van der Waals surface area contributed by atoms with Crippen molar-refractivity contribution in [3.8, 4) is 5.75 Å². The third-order valence-corrected chi connectivity index (χ3v) is 8.20. The van der Waals surface area contributed by atoms with Gasteiger partial charge in [-0.1, -0.05) is 42.1 Å². The highest BCUT2D eigenvalue weighted by Crippen LogP contribution is 2.41. The molecule has 2 saturated heterocycles. The van der Waals surface area contributed by atoms with Gasteiger partial charge in [-0.3, -0.25) is 4.79 Å². The first-order chi connectivity index (χ1) is 13.9. The minimum Gasteiger partial charge on any atom is -0.489 e. The number of carbonyl (C=O) groups excluding carboxylic acids is 1. The van der Waals surface area contributed by atoms with E-state index in [9.17, 15) is 13.2 Å². The van der Waals surface area contributed by atoms with Crippen LogP contribution in [0.4, 0.5) is 5.69 Å². The molecule has 2 aliphatic rings. The quantitative estimate of drug-likeness (QED) is 0.651. The predicted octanol–water partition coefficient (Wildman–Crippen LogP) is 3.11. The van der Waals surface area contributed by atoms with E-state index in [1.165, 1.54) is 11.8 Å². The fourth-order valence-electron chi connectivity index (χ4n) is 3.45. The fraction of sp³-hybridized carbons (Fsp3) is 0.300. The van der Waals surface area contributed by atoms with E-state index in [0.717, 1.165) is 11.3 Å². The van der Waals surface area contributed by atoms with Gasteiger partial charge in [0.05, 0.1) is 17.5 Å². The molecule has 0 aromatic heterocycles. The van der Waals surface area contributed by atoms with Crippen molar-refractivity contribution in [2.45, 2.75) is 17.9 Å². The Bertz CT molecular complexity index is 1030. The Morgan fingerprint density at radius 1 is 1.14 bits per heavy atom. The Morgan fingerprint density at radius 3 is 2.55 bits per heavy atom. The summed E-state index contributed by atoms with van der Waals surface area (Å²) in [6.07, 6.45) is 0. The van der Waals surface area contributed by atoms with E-state index in [4.69, 9.17) is 16.3 Å². The van der Waals surface area contributed by atoms with Gasteiger partial charge in [0.2, 0.25) is 0 Å². The van der Waals surface area contributed by atoms with E-state index >= 15 is 0 Å². The number of ether oxygens (including phenoxy) is 1. The maximum absolute atomic E-state index is 12.1. The Kier molecular flexibility index (Phi) is 5.85. The lowest BCUT2D eigenvalue weighted by molar-refractivity contribution is -0.115. The van der Waals surface area contributed by atoms with Crippen LogP contribution in [-0.4, -0.2) is 48.2 Å². The zero-order chi connectivity index (χ0) is 20.4. The predicted molar refractivity (Wildman–Crippen MR) is 117 cm³/mol. The second kappa shape index (κ2) is 8.38. The summed E-state index contributed by atoms with van der Waals surface area (Å²) in [5.41, 5.74) is 1.84. The highest BCUT2D eigenvalue weighted by atomic mass is 35.5. The van der Waals surface area contributed by atoms with Crippen molar-refractivity contribution in [3.05, 3.63) is 60.2 Å². The maximum Gasteiger partial charge on any atom is 0.262 e. The first kappa shape index (κ1) is 20.3. The van der Waals surface area contributed by atoms with Crippen LogP contribution in [0.15, 0.2) is 59.6 Å². The lowest BCUT2D eigenvalue weighted by Crippen LogP contribution is -2.37. The van der Waals surface area contributed by atoms with Crippen LogP contribution in [0.2, 0.25) is 0 Å². The molecule has 2 fully saturated rings. The standard InChI is InChI=1S/C20H19ClN2O4S2/c21-10-19(24)22-20-23(17-12-29(25,26)13-18(17)28-20)15-6-8-16(9-7-15)27-11-14-4-2-1-3-5-14/h1-9,17-18H,10-13H2. The summed E-state index contributed by atoms with van der Waals surface area (Å²) >= 11 is 6.93. The van der Waals surface area contributed by atoms with Gasteiger partial charge in [0, 0.05) is 10.9 Å². The van der Waals surface area contributed by atoms with E-state index in [1.54, 1.807) is 0 Å². The van der Waals surface area contributed by atoms with Crippen molar-refractivity contribution in [3.63, 3.8) is 0 Å². The van der Waals surface area contributed by atoms with Crippen LogP contribution in [0.3, 0.4) is 0 Å². The molecular weight excluding hydrogens is 432 g/mol. The third kappa shape index (κ3) is 4.60. The largest absolute Gasteiger partial charge is 0.489 e. The van der Waals surface area contributed by atoms with E-state index in [0.29, 0.717) is 17.5 Å². The number of hydrogen-bond acceptors (Lipinski definition) is 5. The second-order valence-electron chi connectivity index (χ2n) is 6.86. The maximum atomic E-state index is 12.1. The number of thioether (sulfide) groups is 1. The number of alkyl halides is 1. The van der Waals surface area contributed by atoms with Crippen LogP contribution in [0.5, 0.6) is 5.75 Å². The average Bonchev–Trinajstić information content (AvgIpc) is 3.18. The Hall–Kier alpha value is -2.03. The summed E-state index contributed by atoms with van der Waals surface area (Å²) in [4.78, 5) is 17.7. The lowest BCUT2D eigenvalue weighted by Gasteiger charge is -2.24. The molecule has 2 aromatic carbocycles. The summed E-state index contributed by atoms with van der Waals surface area (Å²) in [7, 11) is -3.10. The summed E-state index contributed by atoms with van der Waals surface area (Å²) < 4.78 is 30.0. The molecule has 4 rings (SSSR count). The van der Waals surface area contributed by atoms with Crippen LogP contribution in [-0.2, 0) is 21.2 Å². The van der Waals surface area contributed by atoms with E-state index < -0.39 is 15.7 Å². The highest BCUT2D eigenvalue weighted by Gasteiger charge is 2.49. The van der Waals surface area contributed by atoms with Crippen LogP contribution >= 0.6 is 23.4 Å². The summed E-state index contributed by atoms with van der Waals surface area (Å²) in [5.74, 6) is 0.189. The number of hydrogen-bond donors (Lipinski definition) is 0. The van der Waals surface area contributed by atoms with Gasteiger partial charge in [0.25, 0.3) is 5.91 Å². The molecule has 0 bridgehead atoms. The Balaban J connectivity index is 1.55. The first-order valence-electron chi connectivity index (χ1n) is 9.06. The third-order valence-electron chi connectivity index (χ3n) is 4.76. The second-order valence-corrected chi connectivity index (χ2v) is 10.5. The van der Waals surface area contributed by atoms with E-state index in [-0.39, 0.29) is 28.7 Å². The number of fused-ring (bicyclic) bond motifs is 1. The molecule has 152 valence electrons. The van der Waals surface area contributed by atoms with Crippen molar-refractivity contribution in [1.29, 1.82) is 0 Å². The SMILES string of the molecule is O=C(CCl)N=C1SC2CS(=O)(=O)CC2N1c1ccc(OCc2ccccc2)cc1. The molecule has 0 aliphatic carbocycles. The van der Waals surface area contributed by atoms with Crippen LogP contribution in [0, 0.1) is 0 Å². The molecule has 2 unspecified atom stereocenters. The molecule has 0 N–H and O–H groups in total. The van der Waals surface area contributed by atoms with Crippen molar-refractivity contribution in [1.82, 2.24) is 0 Å². The van der Waals surface area contributed by atoms with Gasteiger partial charge in [-0.2, -0.15) is 4.99 Å². The zero-order valence-electron chi connectivity index (χ0n) is 15.4. The van der Waals surface area contributed by atoms with Crippen LogP contribution in [0.1, 0.15) is 5.56 Å². The molecule has 1 amide bonds. The number of anilines is 1. The number of amides is 1. The van der Waals surface area contributed by atoms with Crippen molar-refractivity contribution >= 4 is 50.0 Å². The van der Waals surface area contributed by atoms with E-state index in [2.05, 4.69) is 4.99 Å². The molecule has 0 spiro atoms. The Labute approximate surface area is 178 Å². The van der Waals surface area contributed by atoms with Gasteiger partial charge < -0.3 is 9.64 Å². The molecule has 29 heavy (non-hydrogen) atoms. The summed E-state index contributed by atoms with van der Waals surface area (Å²) in [5, 5.41) is 0.356. The van der Waals surface area contributed by atoms with Gasteiger partial charge in [-0.25, -0.2) is 8.42 Å². The molecule has 2 atom stereocenters. The van der Waals surface area contributed by atoms with Crippen LogP contribution < -0.4 is 9.64 Å². The Morgan fingerprint density at radius 2 is 1.86 bits per heavy atom.